The summed E-state index contributed by atoms with van der Waals surface area (Å²) in [6, 6.07) is 6.23. The zero-order chi connectivity index (χ0) is 14.3. The van der Waals surface area contributed by atoms with E-state index in [1.54, 1.807) is 25.1 Å². The Labute approximate surface area is 109 Å². The quantitative estimate of drug-likeness (QED) is 0.776. The number of para-hydroxylation sites is 1. The molecule has 0 bridgehead atoms. The molecule has 104 valence electrons. The van der Waals surface area contributed by atoms with Crippen LogP contribution in [0, 0.1) is 0 Å². The normalized spacial score (nSPS) is 11.5. The van der Waals surface area contributed by atoms with Crippen LogP contribution in [0.15, 0.2) is 30.3 Å². The molecule has 1 aromatic carbocycles. The molecule has 1 aromatic rings. The number of halogens is 2. The molecule has 0 heterocycles. The maximum absolute atomic E-state index is 12.2. The topological polar surface area (TPSA) is 58.6 Å². The lowest BCUT2D eigenvalue weighted by atomic mass is 10.1. The second kappa shape index (κ2) is 7.48. The van der Waals surface area contributed by atoms with Crippen LogP contribution in [0.25, 0.3) is 5.57 Å². The zero-order valence-corrected chi connectivity index (χ0v) is 10.4. The van der Waals surface area contributed by atoms with E-state index in [9.17, 15) is 13.6 Å². The maximum Gasteiger partial charge on any atom is 0.387 e. The van der Waals surface area contributed by atoms with Crippen molar-refractivity contribution in [1.29, 1.82) is 0 Å². The molecule has 4 nitrogen and oxygen atoms in total. The molecule has 0 atom stereocenters. The van der Waals surface area contributed by atoms with Crippen LogP contribution in [0.1, 0.15) is 12.5 Å². The molecule has 0 aromatic heterocycles. The van der Waals surface area contributed by atoms with E-state index < -0.39 is 12.5 Å². The predicted octanol–water partition coefficient (Wildman–Crippen LogP) is 1.80. The first-order valence-corrected chi connectivity index (χ1v) is 5.65. The van der Waals surface area contributed by atoms with Crippen molar-refractivity contribution in [2.45, 2.75) is 13.5 Å². The molecule has 0 aliphatic heterocycles. The minimum atomic E-state index is -2.92. The van der Waals surface area contributed by atoms with Crippen molar-refractivity contribution in [3.63, 3.8) is 0 Å². The summed E-state index contributed by atoms with van der Waals surface area (Å²) in [6.07, 6.45) is 1.27. The minimum absolute atomic E-state index is 0.0150. The fourth-order valence-electron chi connectivity index (χ4n) is 1.50. The smallest absolute Gasteiger partial charge is 0.387 e. The number of aliphatic hydroxyl groups excluding tert-OH is 1. The van der Waals surface area contributed by atoms with Crippen LogP contribution >= 0.6 is 0 Å². The van der Waals surface area contributed by atoms with Gasteiger partial charge in [-0.15, -0.1) is 0 Å². The summed E-state index contributed by atoms with van der Waals surface area (Å²) in [5, 5.41) is 11.0. The molecular formula is C13H15F2NO3. The van der Waals surface area contributed by atoms with Gasteiger partial charge in [0.05, 0.1) is 6.61 Å². The summed E-state index contributed by atoms with van der Waals surface area (Å²) >= 11 is 0. The molecule has 0 radical (unpaired) electrons. The van der Waals surface area contributed by atoms with Gasteiger partial charge in [0.2, 0.25) is 5.91 Å². The van der Waals surface area contributed by atoms with E-state index in [2.05, 4.69) is 10.1 Å². The van der Waals surface area contributed by atoms with E-state index in [1.807, 2.05) is 0 Å². The number of hydrogen-bond acceptors (Lipinski definition) is 3. The molecule has 0 spiro atoms. The van der Waals surface area contributed by atoms with E-state index >= 15 is 0 Å². The fraction of sp³-hybridized carbons (Fsp3) is 0.308. The second-order valence-electron chi connectivity index (χ2n) is 3.72. The number of carbonyl (C=O) groups is 1. The molecule has 6 heteroatoms. The van der Waals surface area contributed by atoms with Gasteiger partial charge in [-0.3, -0.25) is 4.79 Å². The Morgan fingerprint density at radius 2 is 2.16 bits per heavy atom. The van der Waals surface area contributed by atoms with Crippen LogP contribution in [-0.2, 0) is 4.79 Å². The Kier molecular flexibility index (Phi) is 5.95. The highest BCUT2D eigenvalue weighted by Gasteiger charge is 2.10. The van der Waals surface area contributed by atoms with Crippen LogP contribution < -0.4 is 10.1 Å². The van der Waals surface area contributed by atoms with Crippen molar-refractivity contribution in [3.8, 4) is 5.75 Å². The Morgan fingerprint density at radius 3 is 2.79 bits per heavy atom. The van der Waals surface area contributed by atoms with E-state index in [1.165, 1.54) is 12.1 Å². The molecule has 1 rings (SSSR count). The van der Waals surface area contributed by atoms with Crippen LogP contribution in [0.5, 0.6) is 5.75 Å². The average Bonchev–Trinajstić information content (AvgIpc) is 2.36. The van der Waals surface area contributed by atoms with E-state index in [0.29, 0.717) is 11.1 Å². The summed E-state index contributed by atoms with van der Waals surface area (Å²) in [5.74, 6) is -0.389. The first-order chi connectivity index (χ1) is 9.04. The number of rotatable bonds is 6. The van der Waals surface area contributed by atoms with Gasteiger partial charge in [-0.25, -0.2) is 0 Å². The molecule has 0 unspecified atom stereocenters. The van der Waals surface area contributed by atoms with Crippen molar-refractivity contribution >= 4 is 11.5 Å². The van der Waals surface area contributed by atoms with Gasteiger partial charge in [-0.2, -0.15) is 8.78 Å². The summed E-state index contributed by atoms with van der Waals surface area (Å²) in [4.78, 5) is 11.4. The summed E-state index contributed by atoms with van der Waals surface area (Å²) < 4.78 is 28.9. The van der Waals surface area contributed by atoms with Gasteiger partial charge < -0.3 is 15.2 Å². The Balaban J connectivity index is 2.89. The van der Waals surface area contributed by atoms with Crippen LogP contribution in [0.3, 0.4) is 0 Å². The van der Waals surface area contributed by atoms with E-state index in [4.69, 9.17) is 5.11 Å². The average molecular weight is 271 g/mol. The van der Waals surface area contributed by atoms with Crippen molar-refractivity contribution < 1.29 is 23.4 Å². The number of benzene rings is 1. The summed E-state index contributed by atoms with van der Waals surface area (Å²) in [5.41, 5.74) is 0.911. The molecule has 1 amide bonds. The molecule has 0 aliphatic rings. The van der Waals surface area contributed by atoms with Crippen LogP contribution in [-0.4, -0.2) is 30.8 Å². The van der Waals surface area contributed by atoms with Gasteiger partial charge >= 0.3 is 6.61 Å². The number of ether oxygens (including phenoxy) is 1. The largest absolute Gasteiger partial charge is 0.434 e. The van der Waals surface area contributed by atoms with Gasteiger partial charge in [0.25, 0.3) is 0 Å². The molecule has 19 heavy (non-hydrogen) atoms. The monoisotopic (exact) mass is 271 g/mol. The molecule has 0 saturated carbocycles. The van der Waals surface area contributed by atoms with Crippen molar-refractivity contribution in [1.82, 2.24) is 5.32 Å². The third-order valence-electron chi connectivity index (χ3n) is 2.29. The Morgan fingerprint density at radius 1 is 1.47 bits per heavy atom. The minimum Gasteiger partial charge on any atom is -0.434 e. The Hall–Kier alpha value is -1.95. The second-order valence-corrected chi connectivity index (χ2v) is 3.72. The third-order valence-corrected chi connectivity index (χ3v) is 2.29. The maximum atomic E-state index is 12.2. The first kappa shape index (κ1) is 15.1. The fourth-order valence-corrected chi connectivity index (χ4v) is 1.50. The van der Waals surface area contributed by atoms with Crippen LogP contribution in [0.4, 0.5) is 8.78 Å². The number of allylic oxidation sites excluding steroid dienone is 1. The van der Waals surface area contributed by atoms with Gasteiger partial charge in [0, 0.05) is 18.2 Å². The van der Waals surface area contributed by atoms with E-state index in [-0.39, 0.29) is 18.9 Å². The van der Waals surface area contributed by atoms with Gasteiger partial charge in [0.1, 0.15) is 5.75 Å². The van der Waals surface area contributed by atoms with Gasteiger partial charge in [-0.1, -0.05) is 18.2 Å². The number of aliphatic hydroxyl groups is 1. The number of carbonyl (C=O) groups excluding carboxylic acids is 1. The molecule has 2 N–H and O–H groups in total. The zero-order valence-electron chi connectivity index (χ0n) is 10.4. The molecule has 0 fully saturated rings. The highest BCUT2D eigenvalue weighted by Crippen LogP contribution is 2.26. The SMILES string of the molecule is C/C(=C/C(=O)NCCO)c1ccccc1OC(F)F. The van der Waals surface area contributed by atoms with Crippen molar-refractivity contribution in [3.05, 3.63) is 35.9 Å². The number of hydrogen-bond donors (Lipinski definition) is 2. The lowest BCUT2D eigenvalue weighted by molar-refractivity contribution is -0.116. The number of alkyl halides is 2. The number of nitrogens with one attached hydrogen (secondary N) is 1. The van der Waals surface area contributed by atoms with Gasteiger partial charge in [0.15, 0.2) is 0 Å². The standard InChI is InChI=1S/C13H15F2NO3/c1-9(8-12(18)16-6-7-17)10-4-2-3-5-11(10)19-13(14)15/h2-5,8,13,17H,6-7H2,1H3,(H,16,18)/b9-8-. The summed E-state index contributed by atoms with van der Waals surface area (Å²) in [6.45, 7) is -1.33. The highest BCUT2D eigenvalue weighted by atomic mass is 19.3. The lowest BCUT2D eigenvalue weighted by Crippen LogP contribution is -2.24. The molecule has 0 saturated heterocycles. The number of amides is 1. The van der Waals surface area contributed by atoms with E-state index in [0.717, 1.165) is 0 Å². The van der Waals surface area contributed by atoms with Crippen LogP contribution in [0.2, 0.25) is 0 Å². The predicted molar refractivity (Wildman–Crippen MR) is 66.8 cm³/mol. The van der Waals surface area contributed by atoms with Crippen molar-refractivity contribution in [2.75, 3.05) is 13.2 Å². The summed E-state index contributed by atoms with van der Waals surface area (Å²) in [7, 11) is 0. The third kappa shape index (κ3) is 5.05. The first-order valence-electron chi connectivity index (χ1n) is 5.65. The molecular weight excluding hydrogens is 256 g/mol. The van der Waals surface area contributed by atoms with Gasteiger partial charge in [-0.05, 0) is 18.6 Å². The molecule has 0 aliphatic carbocycles. The van der Waals surface area contributed by atoms with Crippen molar-refractivity contribution in [2.24, 2.45) is 0 Å². The lowest BCUT2D eigenvalue weighted by Gasteiger charge is -2.10. The Bertz CT molecular complexity index is 461. The highest BCUT2D eigenvalue weighted by molar-refractivity contribution is 5.95.